The van der Waals surface area contributed by atoms with Crippen LogP contribution in [0.4, 0.5) is 0 Å². The van der Waals surface area contributed by atoms with Gasteiger partial charge in [0.2, 0.25) is 0 Å². The minimum atomic E-state index is 0.678. The fourth-order valence-corrected chi connectivity index (χ4v) is 2.22. The molecule has 0 saturated carbocycles. The van der Waals surface area contributed by atoms with Crippen molar-refractivity contribution in [3.63, 3.8) is 0 Å². The molecular weight excluding hydrogens is 208 g/mol. The van der Waals surface area contributed by atoms with Crippen LogP contribution in [0.15, 0.2) is 23.4 Å². The van der Waals surface area contributed by atoms with Gasteiger partial charge >= 0.3 is 0 Å². The fraction of sp³-hybridized carbons (Fsp3) is 0.545. The summed E-state index contributed by atoms with van der Waals surface area (Å²) in [5.74, 6) is 1.04. The average molecular weight is 226 g/mol. The number of rotatable bonds is 7. The highest BCUT2D eigenvalue weighted by atomic mass is 32.2. The number of nitrogens with two attached hydrogens (primary N) is 1. The zero-order valence-electron chi connectivity index (χ0n) is 9.11. The van der Waals surface area contributed by atoms with Crippen molar-refractivity contribution in [1.82, 2.24) is 4.98 Å². The van der Waals surface area contributed by atoms with Crippen LogP contribution in [0.5, 0.6) is 0 Å². The molecule has 0 aliphatic carbocycles. The Labute approximate surface area is 95.4 Å². The van der Waals surface area contributed by atoms with E-state index in [0.717, 1.165) is 30.2 Å². The number of aromatic nitrogens is 1. The number of hydrogen-bond donors (Lipinski definition) is 1. The molecular formula is C11H18N2OS. The van der Waals surface area contributed by atoms with Crippen molar-refractivity contribution >= 4 is 11.8 Å². The molecule has 3 nitrogen and oxygen atoms in total. The highest BCUT2D eigenvalue weighted by Crippen LogP contribution is 2.20. The van der Waals surface area contributed by atoms with Gasteiger partial charge in [-0.3, -0.25) is 0 Å². The van der Waals surface area contributed by atoms with Crippen LogP contribution in [0.25, 0.3) is 0 Å². The molecule has 4 heteroatoms. The van der Waals surface area contributed by atoms with Crippen molar-refractivity contribution in [3.8, 4) is 0 Å². The first-order chi connectivity index (χ1) is 7.38. The summed E-state index contributed by atoms with van der Waals surface area (Å²) in [6.07, 6.45) is 3.79. The Hall–Kier alpha value is -0.580. The van der Waals surface area contributed by atoms with Crippen LogP contribution in [-0.2, 0) is 11.2 Å². The quantitative estimate of drug-likeness (QED) is 0.568. The summed E-state index contributed by atoms with van der Waals surface area (Å²) >= 11 is 1.78. The number of pyridine rings is 1. The molecule has 0 bridgehead atoms. The number of hydrogen-bond acceptors (Lipinski definition) is 4. The van der Waals surface area contributed by atoms with E-state index in [9.17, 15) is 0 Å². The molecule has 1 rings (SSSR count). The lowest BCUT2D eigenvalue weighted by atomic mass is 10.2. The Morgan fingerprint density at radius 3 is 3.13 bits per heavy atom. The van der Waals surface area contributed by atoms with Gasteiger partial charge in [-0.2, -0.15) is 0 Å². The molecule has 0 saturated heterocycles. The highest BCUT2D eigenvalue weighted by molar-refractivity contribution is 7.99. The van der Waals surface area contributed by atoms with E-state index >= 15 is 0 Å². The van der Waals surface area contributed by atoms with Crippen LogP contribution in [-0.4, -0.2) is 31.0 Å². The maximum atomic E-state index is 5.55. The fourth-order valence-electron chi connectivity index (χ4n) is 1.27. The molecule has 0 aromatic carbocycles. The molecule has 84 valence electrons. The lowest BCUT2D eigenvalue weighted by molar-refractivity contribution is 0.200. The van der Waals surface area contributed by atoms with Gasteiger partial charge in [-0.05, 0) is 31.0 Å². The van der Waals surface area contributed by atoms with Crippen molar-refractivity contribution < 1.29 is 4.74 Å². The molecule has 1 aromatic rings. The molecule has 0 amide bonds. The predicted octanol–water partition coefficient (Wildman–Crippen LogP) is 1.71. The number of thioether (sulfide) groups is 1. The molecule has 15 heavy (non-hydrogen) atoms. The SMILES string of the molecule is COCCCSc1ncccc1CCN. The second-order valence-corrected chi connectivity index (χ2v) is 4.28. The Bertz CT molecular complexity index is 281. The molecule has 0 atom stereocenters. The first kappa shape index (κ1) is 12.5. The summed E-state index contributed by atoms with van der Waals surface area (Å²) in [5, 5.41) is 1.11. The van der Waals surface area contributed by atoms with Gasteiger partial charge < -0.3 is 10.5 Å². The van der Waals surface area contributed by atoms with Gasteiger partial charge in [0.1, 0.15) is 0 Å². The van der Waals surface area contributed by atoms with Crippen molar-refractivity contribution in [2.75, 3.05) is 26.0 Å². The summed E-state index contributed by atoms with van der Waals surface area (Å²) in [4.78, 5) is 4.36. The van der Waals surface area contributed by atoms with Gasteiger partial charge in [0.15, 0.2) is 0 Å². The maximum absolute atomic E-state index is 5.55. The van der Waals surface area contributed by atoms with E-state index in [1.165, 1.54) is 5.56 Å². The van der Waals surface area contributed by atoms with Crippen LogP contribution < -0.4 is 5.73 Å². The first-order valence-electron chi connectivity index (χ1n) is 5.14. The van der Waals surface area contributed by atoms with Gasteiger partial charge in [0.05, 0.1) is 5.03 Å². The summed E-state index contributed by atoms with van der Waals surface area (Å²) in [5.41, 5.74) is 6.80. The molecule has 0 aliphatic rings. The summed E-state index contributed by atoms with van der Waals surface area (Å²) in [6, 6.07) is 4.06. The number of methoxy groups -OCH3 is 1. The van der Waals surface area contributed by atoms with Crippen molar-refractivity contribution in [2.24, 2.45) is 5.73 Å². The largest absolute Gasteiger partial charge is 0.385 e. The third-order valence-corrected chi connectivity index (χ3v) is 3.13. The van der Waals surface area contributed by atoms with Gasteiger partial charge in [-0.15, -0.1) is 11.8 Å². The third-order valence-electron chi connectivity index (χ3n) is 2.00. The molecule has 1 aromatic heterocycles. The zero-order chi connectivity index (χ0) is 10.9. The van der Waals surface area contributed by atoms with E-state index in [4.69, 9.17) is 10.5 Å². The van der Waals surface area contributed by atoms with Gasteiger partial charge in [0, 0.05) is 25.7 Å². The Morgan fingerprint density at radius 1 is 1.53 bits per heavy atom. The lowest BCUT2D eigenvalue weighted by Crippen LogP contribution is -2.04. The molecule has 0 unspecified atom stereocenters. The van der Waals surface area contributed by atoms with E-state index in [1.807, 2.05) is 12.3 Å². The minimum absolute atomic E-state index is 0.678. The topological polar surface area (TPSA) is 48.1 Å². The van der Waals surface area contributed by atoms with Crippen molar-refractivity contribution in [3.05, 3.63) is 23.9 Å². The van der Waals surface area contributed by atoms with E-state index in [1.54, 1.807) is 18.9 Å². The Kier molecular flexibility index (Phi) is 6.39. The zero-order valence-corrected chi connectivity index (χ0v) is 9.93. The van der Waals surface area contributed by atoms with Gasteiger partial charge in [-0.1, -0.05) is 6.07 Å². The summed E-state index contributed by atoms with van der Waals surface area (Å²) in [6.45, 7) is 1.49. The van der Waals surface area contributed by atoms with Gasteiger partial charge in [-0.25, -0.2) is 4.98 Å². The van der Waals surface area contributed by atoms with E-state index < -0.39 is 0 Å². The molecule has 1 heterocycles. The molecule has 0 aliphatic heterocycles. The Morgan fingerprint density at radius 2 is 2.40 bits per heavy atom. The van der Waals surface area contributed by atoms with Gasteiger partial charge in [0.25, 0.3) is 0 Å². The standard InChI is InChI=1S/C11H18N2OS/c1-14-8-3-9-15-11-10(5-6-12)4-2-7-13-11/h2,4,7H,3,5-6,8-9,12H2,1H3. The smallest absolute Gasteiger partial charge is 0.0992 e. The van der Waals surface area contributed by atoms with E-state index in [-0.39, 0.29) is 0 Å². The number of nitrogens with zero attached hydrogens (tertiary/aromatic N) is 1. The molecule has 0 fully saturated rings. The average Bonchev–Trinajstić information content (AvgIpc) is 2.27. The van der Waals surface area contributed by atoms with E-state index in [2.05, 4.69) is 11.1 Å². The maximum Gasteiger partial charge on any atom is 0.0992 e. The van der Waals surface area contributed by atoms with Crippen LogP contribution in [0.1, 0.15) is 12.0 Å². The van der Waals surface area contributed by atoms with E-state index in [0.29, 0.717) is 6.54 Å². The van der Waals surface area contributed by atoms with Crippen molar-refractivity contribution in [2.45, 2.75) is 17.9 Å². The normalized spacial score (nSPS) is 10.5. The molecule has 2 N–H and O–H groups in total. The second kappa shape index (κ2) is 7.68. The monoisotopic (exact) mass is 226 g/mol. The highest BCUT2D eigenvalue weighted by Gasteiger charge is 2.02. The minimum Gasteiger partial charge on any atom is -0.385 e. The van der Waals surface area contributed by atoms with Crippen molar-refractivity contribution in [1.29, 1.82) is 0 Å². The van der Waals surface area contributed by atoms with Crippen LogP contribution >= 0.6 is 11.8 Å². The summed E-state index contributed by atoms with van der Waals surface area (Å²) in [7, 11) is 1.73. The summed E-state index contributed by atoms with van der Waals surface area (Å²) < 4.78 is 5.00. The predicted molar refractivity (Wildman–Crippen MR) is 64.2 cm³/mol. The Balaban J connectivity index is 2.44. The van der Waals surface area contributed by atoms with Crippen LogP contribution in [0, 0.1) is 0 Å². The van der Waals surface area contributed by atoms with Crippen LogP contribution in [0.2, 0.25) is 0 Å². The molecule has 0 spiro atoms. The van der Waals surface area contributed by atoms with Crippen LogP contribution in [0.3, 0.4) is 0 Å². The second-order valence-electron chi connectivity index (χ2n) is 3.20. The molecule has 0 radical (unpaired) electrons. The lowest BCUT2D eigenvalue weighted by Gasteiger charge is -2.06. The third kappa shape index (κ3) is 4.64. The number of ether oxygens (including phenoxy) is 1. The first-order valence-corrected chi connectivity index (χ1v) is 6.12.